The van der Waals surface area contributed by atoms with Crippen LogP contribution in [0.2, 0.25) is 0 Å². The van der Waals surface area contributed by atoms with Gasteiger partial charge in [-0.2, -0.15) is 4.31 Å². The molecule has 0 aliphatic carbocycles. The number of sulfonamides is 1. The fourth-order valence-electron chi connectivity index (χ4n) is 5.41. The van der Waals surface area contributed by atoms with Gasteiger partial charge in [0.2, 0.25) is 16.8 Å². The van der Waals surface area contributed by atoms with E-state index in [-0.39, 0.29) is 29.5 Å². The van der Waals surface area contributed by atoms with Crippen molar-refractivity contribution >= 4 is 21.1 Å². The molecule has 0 amide bonds. The Labute approximate surface area is 231 Å². The third kappa shape index (κ3) is 4.51. The highest BCUT2D eigenvalue weighted by Crippen LogP contribution is 2.33. The molecular formula is C28H31N5O6S. The van der Waals surface area contributed by atoms with E-state index in [0.717, 1.165) is 22.6 Å². The first-order valence-electron chi connectivity index (χ1n) is 13.4. The maximum absolute atomic E-state index is 13.4. The van der Waals surface area contributed by atoms with Crippen molar-refractivity contribution in [2.24, 2.45) is 0 Å². The van der Waals surface area contributed by atoms with Gasteiger partial charge in [-0.3, -0.25) is 18.8 Å². The molecule has 11 nitrogen and oxygen atoms in total. The lowest BCUT2D eigenvalue weighted by atomic mass is 10.1. The molecule has 2 aliphatic rings. The highest BCUT2D eigenvalue weighted by molar-refractivity contribution is 7.89. The summed E-state index contributed by atoms with van der Waals surface area (Å²) < 4.78 is 41.9. The van der Waals surface area contributed by atoms with Crippen LogP contribution in [0.5, 0.6) is 11.5 Å². The second-order valence-corrected chi connectivity index (χ2v) is 11.8. The van der Waals surface area contributed by atoms with Crippen LogP contribution < -0.4 is 20.7 Å². The van der Waals surface area contributed by atoms with E-state index in [0.29, 0.717) is 56.0 Å². The molecule has 0 atom stereocenters. The van der Waals surface area contributed by atoms with Crippen LogP contribution >= 0.6 is 0 Å². The minimum Gasteiger partial charge on any atom is -0.454 e. The molecule has 4 heterocycles. The number of hydrogen-bond acceptors (Lipinski definition) is 7. The number of aromatic nitrogens is 3. The first kappa shape index (κ1) is 26.4. The summed E-state index contributed by atoms with van der Waals surface area (Å²) in [7, 11) is -3.66. The van der Waals surface area contributed by atoms with Crippen molar-refractivity contribution < 1.29 is 17.9 Å². The number of aryl methyl sites for hydroxylation is 1. The summed E-state index contributed by atoms with van der Waals surface area (Å²) in [6.07, 6.45) is 0. The summed E-state index contributed by atoms with van der Waals surface area (Å²) in [6.45, 7) is 7.30. The van der Waals surface area contributed by atoms with Crippen LogP contribution in [0.25, 0.3) is 22.3 Å². The molecule has 0 bridgehead atoms. The quantitative estimate of drug-likeness (QED) is 0.366. The molecule has 0 spiro atoms. The lowest BCUT2D eigenvalue weighted by Gasteiger charge is -2.34. The van der Waals surface area contributed by atoms with Gasteiger partial charge in [0.15, 0.2) is 11.5 Å². The van der Waals surface area contributed by atoms with Gasteiger partial charge in [0.25, 0.3) is 5.56 Å². The van der Waals surface area contributed by atoms with E-state index >= 15 is 0 Å². The third-order valence-electron chi connectivity index (χ3n) is 7.62. The highest BCUT2D eigenvalue weighted by Gasteiger charge is 2.29. The van der Waals surface area contributed by atoms with E-state index in [9.17, 15) is 18.0 Å². The first-order valence-corrected chi connectivity index (χ1v) is 14.8. The number of benzene rings is 2. The van der Waals surface area contributed by atoms with Crippen molar-refractivity contribution in [2.75, 3.05) is 33.0 Å². The minimum atomic E-state index is -3.66. The number of nitrogens with zero attached hydrogens (tertiary/aromatic N) is 4. The number of ether oxygens (including phenoxy) is 2. The standard InChI is InChI=1S/C28H31N5O6S/c1-3-32-23-16-22(29-26(23)27(34)33(4-2)28(32)35)20-6-8-21(9-7-20)40(36,37)31-13-11-30(12-14-31)17-19-5-10-24-25(15-19)39-18-38-24/h5-10,15-16,29H,3-4,11-14,17-18H2,1-2H3. The Hall–Kier alpha value is -3.87. The Bertz CT molecular complexity index is 1800. The minimum absolute atomic E-state index is 0.218. The summed E-state index contributed by atoms with van der Waals surface area (Å²) in [5.74, 6) is 1.49. The van der Waals surface area contributed by atoms with Gasteiger partial charge in [-0.25, -0.2) is 13.2 Å². The van der Waals surface area contributed by atoms with Crippen molar-refractivity contribution in [3.63, 3.8) is 0 Å². The van der Waals surface area contributed by atoms with E-state index < -0.39 is 10.0 Å². The van der Waals surface area contributed by atoms with Crippen molar-refractivity contribution in [1.29, 1.82) is 0 Å². The number of aromatic amines is 1. The van der Waals surface area contributed by atoms with E-state index in [1.807, 2.05) is 25.1 Å². The number of hydrogen-bond donors (Lipinski definition) is 1. The van der Waals surface area contributed by atoms with E-state index in [1.54, 1.807) is 41.8 Å². The maximum atomic E-state index is 13.4. The van der Waals surface area contributed by atoms with Crippen LogP contribution in [0, 0.1) is 0 Å². The zero-order chi connectivity index (χ0) is 28.0. The SMILES string of the molecule is CCn1c(=O)c2[nH]c(-c3ccc(S(=O)(=O)N4CCN(Cc5ccc6c(c5)OCO6)CC4)cc3)cc2n(CC)c1=O. The molecule has 210 valence electrons. The molecule has 1 N–H and O–H groups in total. The predicted octanol–water partition coefficient (Wildman–Crippen LogP) is 2.43. The second-order valence-electron chi connectivity index (χ2n) is 9.91. The highest BCUT2D eigenvalue weighted by atomic mass is 32.2. The van der Waals surface area contributed by atoms with Gasteiger partial charge in [-0.05, 0) is 55.3 Å². The van der Waals surface area contributed by atoms with Gasteiger partial charge in [-0.1, -0.05) is 18.2 Å². The van der Waals surface area contributed by atoms with Crippen molar-refractivity contribution in [3.05, 3.63) is 74.9 Å². The maximum Gasteiger partial charge on any atom is 0.331 e. The average molecular weight is 566 g/mol. The molecule has 0 saturated carbocycles. The first-order chi connectivity index (χ1) is 19.3. The molecule has 2 aliphatic heterocycles. The lowest BCUT2D eigenvalue weighted by Crippen LogP contribution is -2.48. The topological polar surface area (TPSA) is 119 Å². The molecule has 2 aromatic heterocycles. The molecule has 6 rings (SSSR count). The zero-order valence-electron chi connectivity index (χ0n) is 22.4. The van der Waals surface area contributed by atoms with Crippen molar-refractivity contribution in [1.82, 2.24) is 23.3 Å². The number of piperazine rings is 1. The lowest BCUT2D eigenvalue weighted by molar-refractivity contribution is 0.173. The average Bonchev–Trinajstić information content (AvgIpc) is 3.62. The number of H-pyrrole nitrogens is 1. The Morgan fingerprint density at radius 2 is 1.55 bits per heavy atom. The summed E-state index contributed by atoms with van der Waals surface area (Å²) in [5, 5.41) is 0. The second kappa shape index (κ2) is 10.3. The van der Waals surface area contributed by atoms with Gasteiger partial charge in [0.05, 0.1) is 10.4 Å². The van der Waals surface area contributed by atoms with Crippen LogP contribution in [-0.2, 0) is 29.7 Å². The van der Waals surface area contributed by atoms with Crippen molar-refractivity contribution in [2.45, 2.75) is 38.4 Å². The Morgan fingerprint density at radius 3 is 2.25 bits per heavy atom. The van der Waals surface area contributed by atoms with Crippen molar-refractivity contribution in [3.8, 4) is 22.8 Å². The Kier molecular flexibility index (Phi) is 6.77. The molecule has 1 saturated heterocycles. The molecular weight excluding hydrogens is 534 g/mol. The normalized spacial score (nSPS) is 16.1. The van der Waals surface area contributed by atoms with E-state index in [4.69, 9.17) is 9.47 Å². The number of nitrogens with one attached hydrogen (secondary N) is 1. The summed E-state index contributed by atoms with van der Waals surface area (Å²) in [4.78, 5) is 31.1. The number of fused-ring (bicyclic) bond motifs is 2. The van der Waals surface area contributed by atoms with Gasteiger partial charge in [0, 0.05) is 51.5 Å². The largest absolute Gasteiger partial charge is 0.454 e. The van der Waals surface area contributed by atoms with Gasteiger partial charge < -0.3 is 14.5 Å². The molecule has 12 heteroatoms. The van der Waals surface area contributed by atoms with Gasteiger partial charge >= 0.3 is 5.69 Å². The summed E-state index contributed by atoms with van der Waals surface area (Å²) in [5.41, 5.74) is 2.64. The Morgan fingerprint density at radius 1 is 0.850 bits per heavy atom. The smallest absolute Gasteiger partial charge is 0.331 e. The summed E-state index contributed by atoms with van der Waals surface area (Å²) in [6, 6.07) is 14.3. The van der Waals surface area contributed by atoms with Crippen LogP contribution in [-0.4, -0.2) is 64.7 Å². The van der Waals surface area contributed by atoms with Gasteiger partial charge in [0.1, 0.15) is 5.52 Å². The van der Waals surface area contributed by atoms with E-state index in [1.165, 1.54) is 8.87 Å². The molecule has 0 unspecified atom stereocenters. The van der Waals surface area contributed by atoms with Crippen LogP contribution in [0.1, 0.15) is 19.4 Å². The molecule has 2 aromatic carbocycles. The zero-order valence-corrected chi connectivity index (χ0v) is 23.2. The molecule has 1 fully saturated rings. The van der Waals surface area contributed by atoms with Crippen LogP contribution in [0.4, 0.5) is 0 Å². The van der Waals surface area contributed by atoms with E-state index in [2.05, 4.69) is 9.88 Å². The fraction of sp³-hybridized carbons (Fsp3) is 0.357. The molecule has 0 radical (unpaired) electrons. The number of rotatable bonds is 7. The predicted molar refractivity (Wildman–Crippen MR) is 150 cm³/mol. The van der Waals surface area contributed by atoms with Gasteiger partial charge in [-0.15, -0.1) is 0 Å². The van der Waals surface area contributed by atoms with Crippen LogP contribution in [0.15, 0.2) is 63.0 Å². The third-order valence-corrected chi connectivity index (χ3v) is 9.53. The van der Waals surface area contributed by atoms with Crippen LogP contribution in [0.3, 0.4) is 0 Å². The fourth-order valence-corrected chi connectivity index (χ4v) is 6.83. The monoisotopic (exact) mass is 565 g/mol. The summed E-state index contributed by atoms with van der Waals surface area (Å²) >= 11 is 0. The Balaban J connectivity index is 1.17. The molecule has 40 heavy (non-hydrogen) atoms. The molecule has 4 aromatic rings.